The fourth-order valence-electron chi connectivity index (χ4n) is 2.25. The number of hydrogen-bond acceptors (Lipinski definition) is 3. The Labute approximate surface area is 127 Å². The van der Waals surface area contributed by atoms with Crippen LogP contribution < -0.4 is 5.32 Å². The van der Waals surface area contributed by atoms with E-state index in [9.17, 15) is 14.7 Å². The van der Waals surface area contributed by atoms with E-state index in [2.05, 4.69) is 5.32 Å². The van der Waals surface area contributed by atoms with Crippen LogP contribution in [0.4, 0.5) is 0 Å². The second-order valence-electron chi connectivity index (χ2n) is 5.20. The van der Waals surface area contributed by atoms with Crippen molar-refractivity contribution in [3.8, 4) is 0 Å². The van der Waals surface area contributed by atoms with Crippen molar-refractivity contribution in [3.63, 3.8) is 0 Å². The number of benzene rings is 1. The predicted molar refractivity (Wildman–Crippen MR) is 84.6 cm³/mol. The molecule has 2 rings (SSSR count). The molecule has 2 unspecified atom stereocenters. The number of rotatable bonds is 6. The SMILES string of the molecule is CCC(C)C(NC(=O)Cc1csc2ccccc12)C(=O)O. The number of amides is 1. The van der Waals surface area contributed by atoms with Crippen LogP contribution in [0.5, 0.6) is 0 Å². The van der Waals surface area contributed by atoms with Crippen molar-refractivity contribution in [2.45, 2.75) is 32.7 Å². The lowest BCUT2D eigenvalue weighted by molar-refractivity contribution is -0.143. The number of hydrogen-bond donors (Lipinski definition) is 2. The Morgan fingerprint density at radius 1 is 1.33 bits per heavy atom. The molecule has 0 aliphatic rings. The van der Waals surface area contributed by atoms with Crippen LogP contribution in [-0.2, 0) is 16.0 Å². The van der Waals surface area contributed by atoms with E-state index in [4.69, 9.17) is 0 Å². The van der Waals surface area contributed by atoms with Gasteiger partial charge in [-0.15, -0.1) is 11.3 Å². The van der Waals surface area contributed by atoms with Gasteiger partial charge in [0.25, 0.3) is 0 Å². The molecule has 1 aromatic carbocycles. The summed E-state index contributed by atoms with van der Waals surface area (Å²) < 4.78 is 1.14. The van der Waals surface area contributed by atoms with E-state index in [1.165, 1.54) is 0 Å². The van der Waals surface area contributed by atoms with E-state index in [0.29, 0.717) is 6.42 Å². The first-order valence-corrected chi connectivity index (χ1v) is 7.88. The highest BCUT2D eigenvalue weighted by Gasteiger charge is 2.25. The normalized spacial score (nSPS) is 13.8. The molecular weight excluding hydrogens is 286 g/mol. The van der Waals surface area contributed by atoms with Crippen molar-refractivity contribution in [1.29, 1.82) is 0 Å². The number of carbonyl (C=O) groups is 2. The van der Waals surface area contributed by atoms with Crippen LogP contribution >= 0.6 is 11.3 Å². The topological polar surface area (TPSA) is 66.4 Å². The summed E-state index contributed by atoms with van der Waals surface area (Å²) >= 11 is 1.60. The molecule has 0 bridgehead atoms. The predicted octanol–water partition coefficient (Wildman–Crippen LogP) is 3.06. The lowest BCUT2D eigenvalue weighted by atomic mass is 9.99. The highest BCUT2D eigenvalue weighted by atomic mass is 32.1. The summed E-state index contributed by atoms with van der Waals surface area (Å²) in [6, 6.07) is 7.08. The summed E-state index contributed by atoms with van der Waals surface area (Å²) in [5.41, 5.74) is 0.946. The molecule has 0 aliphatic heterocycles. The Balaban J connectivity index is 2.09. The van der Waals surface area contributed by atoms with Gasteiger partial charge in [-0.3, -0.25) is 4.79 Å². The summed E-state index contributed by atoms with van der Waals surface area (Å²) in [6.07, 6.45) is 0.919. The lowest BCUT2D eigenvalue weighted by Crippen LogP contribution is -2.45. The van der Waals surface area contributed by atoms with Gasteiger partial charge in [0.1, 0.15) is 6.04 Å². The number of aliphatic carboxylic acids is 1. The number of carboxylic acid groups (broad SMARTS) is 1. The molecule has 0 fully saturated rings. The Bertz CT molecular complexity index is 650. The zero-order valence-corrected chi connectivity index (χ0v) is 12.9. The van der Waals surface area contributed by atoms with Gasteiger partial charge in [-0.2, -0.15) is 0 Å². The van der Waals surface area contributed by atoms with Crippen molar-refractivity contribution >= 4 is 33.3 Å². The minimum Gasteiger partial charge on any atom is -0.480 e. The number of nitrogens with one attached hydrogen (secondary N) is 1. The van der Waals surface area contributed by atoms with E-state index in [1.807, 2.05) is 43.5 Å². The molecule has 21 heavy (non-hydrogen) atoms. The molecule has 0 radical (unpaired) electrons. The first-order chi connectivity index (χ1) is 10.0. The van der Waals surface area contributed by atoms with Crippen LogP contribution in [0.3, 0.4) is 0 Å². The van der Waals surface area contributed by atoms with Crippen LogP contribution in [-0.4, -0.2) is 23.0 Å². The van der Waals surface area contributed by atoms with Crippen LogP contribution in [0.15, 0.2) is 29.6 Å². The van der Waals surface area contributed by atoms with E-state index in [-0.39, 0.29) is 18.2 Å². The van der Waals surface area contributed by atoms with Crippen LogP contribution in [0.1, 0.15) is 25.8 Å². The third kappa shape index (κ3) is 3.61. The molecule has 1 amide bonds. The van der Waals surface area contributed by atoms with Gasteiger partial charge in [-0.05, 0) is 28.3 Å². The molecule has 0 spiro atoms. The first-order valence-electron chi connectivity index (χ1n) is 7.00. The van der Waals surface area contributed by atoms with Gasteiger partial charge in [0.05, 0.1) is 6.42 Å². The minimum absolute atomic E-state index is 0.0920. The van der Waals surface area contributed by atoms with Gasteiger partial charge in [0.15, 0.2) is 0 Å². The minimum atomic E-state index is -0.979. The smallest absolute Gasteiger partial charge is 0.326 e. The van der Waals surface area contributed by atoms with E-state index >= 15 is 0 Å². The number of fused-ring (bicyclic) bond motifs is 1. The molecule has 0 saturated heterocycles. The Hall–Kier alpha value is -1.88. The summed E-state index contributed by atoms with van der Waals surface area (Å²) in [7, 11) is 0. The summed E-state index contributed by atoms with van der Waals surface area (Å²) in [6.45, 7) is 3.75. The third-order valence-electron chi connectivity index (χ3n) is 3.71. The van der Waals surface area contributed by atoms with E-state index in [0.717, 1.165) is 15.6 Å². The van der Waals surface area contributed by atoms with Gasteiger partial charge in [0, 0.05) is 4.70 Å². The molecule has 2 aromatic rings. The molecule has 0 aliphatic carbocycles. The van der Waals surface area contributed by atoms with E-state index < -0.39 is 12.0 Å². The maximum atomic E-state index is 12.1. The summed E-state index contributed by atoms with van der Waals surface area (Å²) in [5, 5.41) is 14.9. The molecule has 112 valence electrons. The van der Waals surface area contributed by atoms with Gasteiger partial charge in [-0.1, -0.05) is 38.5 Å². The van der Waals surface area contributed by atoms with Crippen molar-refractivity contribution in [2.24, 2.45) is 5.92 Å². The quantitative estimate of drug-likeness (QED) is 0.862. The molecule has 0 saturated carbocycles. The first kappa shape index (κ1) is 15.5. The molecule has 2 N–H and O–H groups in total. The largest absolute Gasteiger partial charge is 0.480 e. The highest BCUT2D eigenvalue weighted by Crippen LogP contribution is 2.25. The zero-order chi connectivity index (χ0) is 15.4. The average molecular weight is 305 g/mol. The fraction of sp³-hybridized carbons (Fsp3) is 0.375. The maximum Gasteiger partial charge on any atom is 0.326 e. The zero-order valence-electron chi connectivity index (χ0n) is 12.1. The fourth-order valence-corrected chi connectivity index (χ4v) is 3.21. The van der Waals surface area contributed by atoms with Crippen LogP contribution in [0, 0.1) is 5.92 Å². The molecular formula is C16H19NO3S. The van der Waals surface area contributed by atoms with Gasteiger partial charge >= 0.3 is 5.97 Å². The Kier molecular flexibility index (Phi) is 4.96. The molecule has 5 heteroatoms. The van der Waals surface area contributed by atoms with Gasteiger partial charge < -0.3 is 10.4 Å². The number of thiophene rings is 1. The summed E-state index contributed by atoms with van der Waals surface area (Å²) in [4.78, 5) is 23.4. The molecule has 1 heterocycles. The van der Waals surface area contributed by atoms with Crippen molar-refractivity contribution in [2.75, 3.05) is 0 Å². The lowest BCUT2D eigenvalue weighted by Gasteiger charge is -2.20. The maximum absolute atomic E-state index is 12.1. The molecule has 2 atom stereocenters. The number of carboxylic acids is 1. The number of carbonyl (C=O) groups excluding carboxylic acids is 1. The average Bonchev–Trinajstić information content (AvgIpc) is 2.87. The molecule has 4 nitrogen and oxygen atoms in total. The molecule has 1 aromatic heterocycles. The standard InChI is InChI=1S/C16H19NO3S/c1-3-10(2)15(16(19)20)17-14(18)8-11-9-21-13-7-5-4-6-12(11)13/h4-7,9-10,15H,3,8H2,1-2H3,(H,17,18)(H,19,20). The Morgan fingerprint density at radius 3 is 2.71 bits per heavy atom. The van der Waals surface area contributed by atoms with Crippen LogP contribution in [0.2, 0.25) is 0 Å². The van der Waals surface area contributed by atoms with Gasteiger partial charge in [-0.25, -0.2) is 4.79 Å². The van der Waals surface area contributed by atoms with E-state index in [1.54, 1.807) is 11.3 Å². The second-order valence-corrected chi connectivity index (χ2v) is 6.11. The second kappa shape index (κ2) is 6.72. The highest BCUT2D eigenvalue weighted by molar-refractivity contribution is 7.17. The summed E-state index contributed by atoms with van der Waals surface area (Å²) in [5.74, 6) is -1.32. The van der Waals surface area contributed by atoms with Crippen molar-refractivity contribution in [1.82, 2.24) is 5.32 Å². The van der Waals surface area contributed by atoms with Gasteiger partial charge in [0.2, 0.25) is 5.91 Å². The Morgan fingerprint density at radius 2 is 2.05 bits per heavy atom. The van der Waals surface area contributed by atoms with Crippen molar-refractivity contribution < 1.29 is 14.7 Å². The van der Waals surface area contributed by atoms with Crippen molar-refractivity contribution in [3.05, 3.63) is 35.2 Å². The van der Waals surface area contributed by atoms with Crippen LogP contribution in [0.25, 0.3) is 10.1 Å². The monoisotopic (exact) mass is 305 g/mol. The third-order valence-corrected chi connectivity index (χ3v) is 4.72.